The van der Waals surface area contributed by atoms with Crippen molar-refractivity contribution in [3.8, 4) is 84.0 Å². The minimum Gasteiger partial charge on any atom is -0.316 e. The molecule has 0 amide bonds. The fourth-order valence-electron chi connectivity index (χ4n) is 10.3. The van der Waals surface area contributed by atoms with Crippen molar-refractivity contribution in [3.63, 3.8) is 0 Å². The van der Waals surface area contributed by atoms with Crippen LogP contribution in [0.15, 0.2) is 237 Å². The monoisotopic (exact) mass is 979 g/mol. The third kappa shape index (κ3) is 7.16. The molecule has 0 aliphatic heterocycles. The second-order valence-electron chi connectivity index (χ2n) is 17.4. The van der Waals surface area contributed by atoms with E-state index in [0.717, 1.165) is 50.4 Å². The van der Waals surface area contributed by atoms with E-state index in [1.807, 2.05) is 24.3 Å². The van der Waals surface area contributed by atoms with Crippen LogP contribution < -0.4 is 10.6 Å². The largest absolute Gasteiger partial charge is 0.316 e. The Morgan fingerprint density at radius 2 is 0.838 bits per heavy atom. The van der Waals surface area contributed by atoms with Gasteiger partial charge in [-0.25, -0.2) is 0 Å². The van der Waals surface area contributed by atoms with E-state index in [1.165, 1.54) is 71.6 Å². The Labute approximate surface area is 410 Å². The first-order chi connectivity index (χ1) is 33.5. The highest BCUT2D eigenvalue weighted by molar-refractivity contribution is 14.1. The van der Waals surface area contributed by atoms with Crippen molar-refractivity contribution in [1.82, 2.24) is 0 Å². The van der Waals surface area contributed by atoms with E-state index in [9.17, 15) is 5.26 Å². The second-order valence-corrected chi connectivity index (χ2v) is 18.7. The Bertz CT molecular complexity index is 3640. The molecular weight excluding hydrogens is 938 g/mol. The molecule has 11 aromatic carbocycles. The predicted octanol–water partition coefficient (Wildman–Crippen LogP) is 17.7. The van der Waals surface area contributed by atoms with E-state index in [2.05, 4.69) is 246 Å². The molecule has 0 radical (unpaired) electrons. The summed E-state index contributed by atoms with van der Waals surface area (Å²) in [5.41, 5.74) is 27.8. The lowest BCUT2D eigenvalue weighted by Gasteiger charge is -2.27. The third-order valence-electron chi connectivity index (χ3n) is 13.5. The van der Waals surface area contributed by atoms with Crippen LogP contribution in [-0.4, -0.2) is 0 Å². The molecule has 1 aliphatic rings. The van der Waals surface area contributed by atoms with Crippen LogP contribution in [0.4, 0.5) is 17.1 Å². The highest BCUT2D eigenvalue weighted by Crippen LogP contribution is 2.58. The van der Waals surface area contributed by atoms with Gasteiger partial charge in [0, 0.05) is 17.1 Å². The van der Waals surface area contributed by atoms with E-state index in [0.29, 0.717) is 5.56 Å². The first kappa shape index (κ1) is 41.4. The van der Waals surface area contributed by atoms with Crippen molar-refractivity contribution in [2.75, 3.05) is 4.90 Å². The summed E-state index contributed by atoms with van der Waals surface area (Å²) in [6, 6.07) is 87.3. The molecule has 0 aromatic heterocycles. The maximum absolute atomic E-state index is 9.60. The van der Waals surface area contributed by atoms with Crippen molar-refractivity contribution < 1.29 is 0 Å². The fourth-order valence-corrected chi connectivity index (χ4v) is 10.8. The number of benzene rings is 11. The van der Waals surface area contributed by atoms with Crippen LogP contribution in [0.5, 0.6) is 0 Å². The van der Waals surface area contributed by atoms with Crippen molar-refractivity contribution in [1.29, 1.82) is 5.26 Å². The summed E-state index contributed by atoms with van der Waals surface area (Å²) in [7, 11) is 0. The maximum atomic E-state index is 9.60. The molecule has 0 heterocycles. The van der Waals surface area contributed by atoms with Gasteiger partial charge >= 0.3 is 0 Å². The van der Waals surface area contributed by atoms with Gasteiger partial charge in [-0.1, -0.05) is 205 Å². The minimum absolute atomic E-state index is 0.0826. The van der Waals surface area contributed by atoms with Crippen LogP contribution in [0.1, 0.15) is 15.2 Å². The molecule has 2 N–H and O–H groups in total. The SMILES string of the molecule is N#Cc1ccc(-c2cc(-c3ccc(C(N)I)cc3)cc(N(c3ccccc3)c3ccc(-c4ccc5c6c(cccc46)-c4c-5c(-c5ccccc5)c5ccccc5c4-c4ccccc4)cc3)c2)cc1. The highest BCUT2D eigenvalue weighted by Gasteiger charge is 2.31. The standard InChI is InChI=1S/C64H42IN3/c65-64(67)47-29-27-43(28-30-47)49-37-48(42-25-23-41(40-66)24-26-42)38-52(39-49)68(50-17-8-3-9-18-50)51-33-31-44(32-34-51)53-35-36-58-61-54(53)21-12-22-57(61)62-59(45-13-4-1-5-14-45)55-19-10-11-20-56(55)60(63(58)62)46-15-6-2-7-16-46/h1-39,64H,67H2. The van der Waals surface area contributed by atoms with Gasteiger partial charge in [0.1, 0.15) is 0 Å². The molecule has 1 aliphatic carbocycles. The number of alkyl halides is 1. The fraction of sp³-hybridized carbons (Fsp3) is 0.0156. The van der Waals surface area contributed by atoms with E-state index < -0.39 is 0 Å². The zero-order valence-corrected chi connectivity index (χ0v) is 39.1. The number of anilines is 3. The van der Waals surface area contributed by atoms with Gasteiger partial charge in [0.25, 0.3) is 0 Å². The number of fused-ring (bicyclic) bond motifs is 4. The molecule has 1 atom stereocenters. The summed E-state index contributed by atoms with van der Waals surface area (Å²) in [6.45, 7) is 0. The molecule has 0 bridgehead atoms. The lowest BCUT2D eigenvalue weighted by atomic mass is 9.82. The topological polar surface area (TPSA) is 53.1 Å². The molecule has 4 heteroatoms. The molecule has 11 aromatic rings. The van der Waals surface area contributed by atoms with E-state index in [4.69, 9.17) is 5.73 Å². The van der Waals surface area contributed by atoms with Gasteiger partial charge in [-0.3, -0.25) is 0 Å². The van der Waals surface area contributed by atoms with Crippen LogP contribution in [0.25, 0.3) is 99.4 Å². The summed E-state index contributed by atoms with van der Waals surface area (Å²) in [6.07, 6.45) is 0. The predicted molar refractivity (Wildman–Crippen MR) is 293 cm³/mol. The number of halogens is 1. The van der Waals surface area contributed by atoms with Crippen LogP contribution in [0, 0.1) is 11.3 Å². The molecule has 12 rings (SSSR count). The van der Waals surface area contributed by atoms with Crippen LogP contribution in [-0.2, 0) is 0 Å². The van der Waals surface area contributed by atoms with E-state index in [-0.39, 0.29) is 4.05 Å². The molecule has 1 unspecified atom stereocenters. The number of nitriles is 1. The maximum Gasteiger partial charge on any atom is 0.0991 e. The number of hydrogen-bond acceptors (Lipinski definition) is 3. The van der Waals surface area contributed by atoms with Crippen molar-refractivity contribution in [3.05, 3.63) is 248 Å². The first-order valence-electron chi connectivity index (χ1n) is 22.9. The number of hydrogen-bond donors (Lipinski definition) is 1. The molecule has 0 fully saturated rings. The Morgan fingerprint density at radius 1 is 0.368 bits per heavy atom. The van der Waals surface area contributed by atoms with Gasteiger partial charge in [-0.15, -0.1) is 0 Å². The zero-order valence-electron chi connectivity index (χ0n) is 36.9. The van der Waals surface area contributed by atoms with Crippen LogP contribution >= 0.6 is 22.6 Å². The summed E-state index contributed by atoms with van der Waals surface area (Å²) in [5, 5.41) is 14.6. The summed E-state index contributed by atoms with van der Waals surface area (Å²) in [5.74, 6) is 0. The van der Waals surface area contributed by atoms with Crippen LogP contribution in [0.2, 0.25) is 0 Å². The normalized spacial score (nSPS) is 11.9. The van der Waals surface area contributed by atoms with Gasteiger partial charge in [-0.05, 0) is 160 Å². The van der Waals surface area contributed by atoms with E-state index >= 15 is 0 Å². The number of nitrogens with zero attached hydrogens (tertiary/aromatic N) is 2. The third-order valence-corrected chi connectivity index (χ3v) is 14.2. The molecular formula is C64H42IN3. The first-order valence-corrected chi connectivity index (χ1v) is 24.1. The lowest BCUT2D eigenvalue weighted by molar-refractivity contribution is 1.08. The Kier molecular flexibility index (Phi) is 10.5. The van der Waals surface area contributed by atoms with E-state index in [1.54, 1.807) is 0 Å². The molecule has 320 valence electrons. The number of para-hydroxylation sites is 1. The van der Waals surface area contributed by atoms with Gasteiger partial charge < -0.3 is 10.6 Å². The van der Waals surface area contributed by atoms with Gasteiger partial charge in [0.15, 0.2) is 0 Å². The Balaban J connectivity index is 1.01. The average molecular weight is 980 g/mol. The molecule has 68 heavy (non-hydrogen) atoms. The minimum atomic E-state index is -0.0826. The smallest absolute Gasteiger partial charge is 0.0991 e. The number of nitrogens with two attached hydrogens (primary N) is 1. The van der Waals surface area contributed by atoms with Crippen LogP contribution in [0.3, 0.4) is 0 Å². The summed E-state index contributed by atoms with van der Waals surface area (Å²) >= 11 is 2.25. The Hall–Kier alpha value is -8.08. The molecule has 3 nitrogen and oxygen atoms in total. The summed E-state index contributed by atoms with van der Waals surface area (Å²) < 4.78 is -0.0826. The Morgan fingerprint density at radius 3 is 1.40 bits per heavy atom. The van der Waals surface area contributed by atoms with Gasteiger partial charge in [0.2, 0.25) is 0 Å². The van der Waals surface area contributed by atoms with Crippen molar-refractivity contribution in [2.24, 2.45) is 5.73 Å². The van der Waals surface area contributed by atoms with Crippen molar-refractivity contribution >= 4 is 61.2 Å². The highest BCUT2D eigenvalue weighted by atomic mass is 127. The summed E-state index contributed by atoms with van der Waals surface area (Å²) in [4.78, 5) is 2.33. The van der Waals surface area contributed by atoms with Gasteiger partial charge in [-0.2, -0.15) is 5.26 Å². The second kappa shape index (κ2) is 17.3. The molecule has 0 saturated carbocycles. The van der Waals surface area contributed by atoms with Gasteiger partial charge in [0.05, 0.1) is 15.7 Å². The average Bonchev–Trinajstić information content (AvgIpc) is 3.73. The molecule has 0 saturated heterocycles. The quantitative estimate of drug-likeness (QED) is 0.0891. The zero-order chi connectivity index (χ0) is 45.7. The number of rotatable bonds is 9. The molecule has 0 spiro atoms. The lowest BCUT2D eigenvalue weighted by Crippen LogP contribution is -2.10. The van der Waals surface area contributed by atoms with Crippen molar-refractivity contribution in [2.45, 2.75) is 4.05 Å².